The van der Waals surface area contributed by atoms with Crippen LogP contribution < -0.4 is 5.32 Å². The van der Waals surface area contributed by atoms with Gasteiger partial charge < -0.3 is 5.32 Å². The maximum absolute atomic E-state index is 4.44. The molecule has 0 saturated heterocycles. The van der Waals surface area contributed by atoms with Gasteiger partial charge in [-0.3, -0.25) is 4.90 Å². The summed E-state index contributed by atoms with van der Waals surface area (Å²) in [5.41, 5.74) is 4.26. The minimum atomic E-state index is 0.912. The minimum Gasteiger partial charge on any atom is -0.370 e. The number of rotatable bonds is 4. The maximum Gasteiger partial charge on any atom is 0.125 e. The highest BCUT2D eigenvalue weighted by Gasteiger charge is 2.15. The summed E-state index contributed by atoms with van der Waals surface area (Å²) in [6, 6.07) is 13.0. The second-order valence-electron chi connectivity index (χ2n) is 5.31. The molecule has 1 N–H and O–H groups in total. The lowest BCUT2D eigenvalue weighted by Crippen LogP contribution is -2.30. The molecule has 0 atom stereocenters. The standard InChI is InChI=1S/C17H21N3/c1-2-18-17-8-7-14(11-19-17)12-20-10-9-15-5-3-4-6-16(15)13-20/h3-8,11H,2,9-10,12-13H2,1H3,(H,18,19). The molecule has 0 aliphatic carbocycles. The molecular formula is C17H21N3. The average Bonchev–Trinajstić information content (AvgIpc) is 2.49. The van der Waals surface area contributed by atoms with Crippen molar-refractivity contribution in [2.45, 2.75) is 26.4 Å². The molecule has 3 nitrogen and oxygen atoms in total. The fourth-order valence-electron chi connectivity index (χ4n) is 2.75. The number of benzene rings is 1. The van der Waals surface area contributed by atoms with E-state index in [1.807, 2.05) is 6.20 Å². The highest BCUT2D eigenvalue weighted by Crippen LogP contribution is 2.20. The van der Waals surface area contributed by atoms with E-state index >= 15 is 0 Å². The molecular weight excluding hydrogens is 246 g/mol. The molecule has 1 aromatic carbocycles. The zero-order valence-electron chi connectivity index (χ0n) is 12.0. The molecule has 0 radical (unpaired) electrons. The first-order valence-electron chi connectivity index (χ1n) is 7.33. The van der Waals surface area contributed by atoms with Gasteiger partial charge in [0.15, 0.2) is 0 Å². The number of nitrogens with one attached hydrogen (secondary N) is 1. The van der Waals surface area contributed by atoms with Crippen molar-refractivity contribution in [3.8, 4) is 0 Å². The topological polar surface area (TPSA) is 28.2 Å². The lowest BCUT2D eigenvalue weighted by molar-refractivity contribution is 0.245. The van der Waals surface area contributed by atoms with Crippen LogP contribution in [0.5, 0.6) is 0 Å². The summed E-state index contributed by atoms with van der Waals surface area (Å²) >= 11 is 0. The fourth-order valence-corrected chi connectivity index (χ4v) is 2.75. The molecule has 2 aromatic rings. The Labute approximate surface area is 120 Å². The van der Waals surface area contributed by atoms with Crippen molar-refractivity contribution in [3.63, 3.8) is 0 Å². The van der Waals surface area contributed by atoms with Gasteiger partial charge >= 0.3 is 0 Å². The van der Waals surface area contributed by atoms with Crippen LogP contribution in [0, 0.1) is 0 Å². The predicted molar refractivity (Wildman–Crippen MR) is 82.7 cm³/mol. The van der Waals surface area contributed by atoms with Gasteiger partial charge in [-0.25, -0.2) is 4.98 Å². The molecule has 3 rings (SSSR count). The Morgan fingerprint density at radius 2 is 2.00 bits per heavy atom. The van der Waals surface area contributed by atoms with E-state index in [1.165, 1.54) is 16.7 Å². The largest absolute Gasteiger partial charge is 0.370 e. The number of hydrogen-bond acceptors (Lipinski definition) is 3. The van der Waals surface area contributed by atoms with Gasteiger partial charge in [-0.1, -0.05) is 30.3 Å². The van der Waals surface area contributed by atoms with E-state index in [2.05, 4.69) is 58.5 Å². The molecule has 0 saturated carbocycles. The second-order valence-corrected chi connectivity index (χ2v) is 5.31. The summed E-state index contributed by atoms with van der Waals surface area (Å²) in [5, 5.41) is 3.23. The van der Waals surface area contributed by atoms with Crippen molar-refractivity contribution in [3.05, 3.63) is 59.3 Å². The summed E-state index contributed by atoms with van der Waals surface area (Å²) in [5.74, 6) is 0.959. The minimum absolute atomic E-state index is 0.912. The number of hydrogen-bond donors (Lipinski definition) is 1. The van der Waals surface area contributed by atoms with E-state index in [1.54, 1.807) is 0 Å². The van der Waals surface area contributed by atoms with Gasteiger partial charge in [-0.15, -0.1) is 0 Å². The first-order valence-corrected chi connectivity index (χ1v) is 7.33. The van der Waals surface area contributed by atoms with Crippen LogP contribution in [0.1, 0.15) is 23.6 Å². The van der Waals surface area contributed by atoms with Crippen LogP contribution >= 0.6 is 0 Å². The monoisotopic (exact) mass is 267 g/mol. The maximum atomic E-state index is 4.44. The number of anilines is 1. The number of aromatic nitrogens is 1. The number of nitrogens with zero attached hydrogens (tertiary/aromatic N) is 2. The Hall–Kier alpha value is -1.87. The lowest BCUT2D eigenvalue weighted by Gasteiger charge is -2.28. The van der Waals surface area contributed by atoms with Gasteiger partial charge in [0.1, 0.15) is 5.82 Å². The SMILES string of the molecule is CCNc1ccc(CN2CCc3ccccc3C2)cn1. The van der Waals surface area contributed by atoms with Gasteiger partial charge in [0.2, 0.25) is 0 Å². The zero-order valence-corrected chi connectivity index (χ0v) is 12.0. The highest BCUT2D eigenvalue weighted by molar-refractivity contribution is 5.35. The summed E-state index contributed by atoms with van der Waals surface area (Å²) in [7, 11) is 0. The molecule has 0 bridgehead atoms. The molecule has 0 spiro atoms. The Bertz CT molecular complexity index is 563. The summed E-state index contributed by atoms with van der Waals surface area (Å²) in [4.78, 5) is 6.93. The first-order chi connectivity index (χ1) is 9.85. The molecule has 2 heterocycles. The van der Waals surface area contributed by atoms with Crippen LogP contribution in [0.2, 0.25) is 0 Å². The number of pyridine rings is 1. The van der Waals surface area contributed by atoms with Crippen LogP contribution in [-0.2, 0) is 19.5 Å². The van der Waals surface area contributed by atoms with Crippen LogP contribution in [0.15, 0.2) is 42.6 Å². The van der Waals surface area contributed by atoms with Crippen LogP contribution in [0.3, 0.4) is 0 Å². The highest BCUT2D eigenvalue weighted by atomic mass is 15.1. The molecule has 0 fully saturated rings. The molecule has 20 heavy (non-hydrogen) atoms. The van der Waals surface area contributed by atoms with E-state index in [9.17, 15) is 0 Å². The van der Waals surface area contributed by atoms with Gasteiger partial charge in [0.25, 0.3) is 0 Å². The van der Waals surface area contributed by atoms with Crippen molar-refractivity contribution < 1.29 is 0 Å². The molecule has 0 amide bonds. The van der Waals surface area contributed by atoms with Crippen LogP contribution in [0.4, 0.5) is 5.82 Å². The summed E-state index contributed by atoms with van der Waals surface area (Å²) in [6.45, 7) is 6.15. The number of fused-ring (bicyclic) bond motifs is 1. The zero-order chi connectivity index (χ0) is 13.8. The van der Waals surface area contributed by atoms with Crippen molar-refractivity contribution >= 4 is 5.82 Å². The van der Waals surface area contributed by atoms with Gasteiger partial charge in [0.05, 0.1) is 0 Å². The lowest BCUT2D eigenvalue weighted by atomic mass is 10.00. The molecule has 0 unspecified atom stereocenters. The summed E-state index contributed by atoms with van der Waals surface area (Å²) < 4.78 is 0. The van der Waals surface area contributed by atoms with E-state index in [-0.39, 0.29) is 0 Å². The Morgan fingerprint density at radius 3 is 2.75 bits per heavy atom. The van der Waals surface area contributed by atoms with Gasteiger partial charge in [0, 0.05) is 32.4 Å². The van der Waals surface area contributed by atoms with Crippen molar-refractivity contribution in [2.24, 2.45) is 0 Å². The molecule has 1 aromatic heterocycles. The van der Waals surface area contributed by atoms with E-state index < -0.39 is 0 Å². The molecule has 104 valence electrons. The third-order valence-corrected chi connectivity index (χ3v) is 3.80. The van der Waals surface area contributed by atoms with Gasteiger partial charge in [-0.2, -0.15) is 0 Å². The van der Waals surface area contributed by atoms with Crippen LogP contribution in [-0.4, -0.2) is 23.0 Å². The van der Waals surface area contributed by atoms with E-state index in [0.717, 1.165) is 38.4 Å². The van der Waals surface area contributed by atoms with E-state index in [0.29, 0.717) is 0 Å². The average molecular weight is 267 g/mol. The third-order valence-electron chi connectivity index (χ3n) is 3.80. The fraction of sp³-hybridized carbons (Fsp3) is 0.353. The Balaban J connectivity index is 1.64. The van der Waals surface area contributed by atoms with Crippen molar-refractivity contribution in [2.75, 3.05) is 18.4 Å². The molecule has 1 aliphatic heterocycles. The predicted octanol–water partition coefficient (Wildman–Crippen LogP) is 3.07. The van der Waals surface area contributed by atoms with E-state index in [4.69, 9.17) is 0 Å². The first kappa shape index (κ1) is 13.1. The Morgan fingerprint density at radius 1 is 1.15 bits per heavy atom. The third kappa shape index (κ3) is 2.99. The van der Waals surface area contributed by atoms with Crippen molar-refractivity contribution in [1.29, 1.82) is 0 Å². The van der Waals surface area contributed by atoms with Crippen LogP contribution in [0.25, 0.3) is 0 Å². The summed E-state index contributed by atoms with van der Waals surface area (Å²) in [6.07, 6.45) is 3.14. The quantitative estimate of drug-likeness (QED) is 0.922. The molecule has 3 heteroatoms. The molecule has 1 aliphatic rings. The smallest absolute Gasteiger partial charge is 0.125 e. The normalized spacial score (nSPS) is 14.8. The van der Waals surface area contributed by atoms with Gasteiger partial charge in [-0.05, 0) is 36.1 Å². The Kier molecular flexibility index (Phi) is 3.97. The van der Waals surface area contributed by atoms with Crippen molar-refractivity contribution in [1.82, 2.24) is 9.88 Å². The second kappa shape index (κ2) is 6.06.